The second-order valence-corrected chi connectivity index (χ2v) is 7.12. The van der Waals surface area contributed by atoms with Gasteiger partial charge in [-0.1, -0.05) is 48.5 Å². The highest BCUT2D eigenvalue weighted by Gasteiger charge is 2.22. The lowest BCUT2D eigenvalue weighted by Crippen LogP contribution is -2.29. The quantitative estimate of drug-likeness (QED) is 0.477. The van der Waals surface area contributed by atoms with Crippen LogP contribution in [0.3, 0.4) is 0 Å². The van der Waals surface area contributed by atoms with E-state index in [-0.39, 0.29) is 17.6 Å². The van der Waals surface area contributed by atoms with E-state index in [2.05, 4.69) is 25.6 Å². The predicted octanol–water partition coefficient (Wildman–Crippen LogP) is 3.86. The highest BCUT2D eigenvalue weighted by Crippen LogP contribution is 2.22. The van der Waals surface area contributed by atoms with Gasteiger partial charge in [0.25, 0.3) is 5.91 Å². The number of carbonyl (C=O) groups is 1. The lowest BCUT2D eigenvalue weighted by Gasteiger charge is -2.14. The van der Waals surface area contributed by atoms with Gasteiger partial charge in [-0.05, 0) is 31.0 Å². The summed E-state index contributed by atoms with van der Waals surface area (Å²) in [4.78, 5) is 20.8. The molecule has 158 valence electrons. The Kier molecular flexibility index (Phi) is 5.79. The van der Waals surface area contributed by atoms with Crippen molar-refractivity contribution in [2.24, 2.45) is 0 Å². The maximum absolute atomic E-state index is 13.0. The topological polar surface area (TPSA) is 97.7 Å². The maximum Gasteiger partial charge on any atom is 0.274 e. The summed E-state index contributed by atoms with van der Waals surface area (Å²) in [5, 5.41) is 11.3. The number of nitrogens with zero attached hydrogens (tertiary/aromatic N) is 4. The van der Waals surface area contributed by atoms with Crippen LogP contribution in [0.1, 0.15) is 41.4 Å². The molecule has 1 unspecified atom stereocenters. The molecule has 2 aromatic heterocycles. The van der Waals surface area contributed by atoms with Crippen molar-refractivity contribution < 1.29 is 9.53 Å². The zero-order valence-corrected chi connectivity index (χ0v) is 17.7. The predicted molar refractivity (Wildman–Crippen MR) is 117 cm³/mol. The smallest absolute Gasteiger partial charge is 0.274 e. The third-order valence-corrected chi connectivity index (χ3v) is 5.13. The lowest BCUT2D eigenvalue weighted by atomic mass is 10.2. The minimum Gasteiger partial charge on any atom is -0.497 e. The largest absolute Gasteiger partial charge is 0.497 e. The van der Waals surface area contributed by atoms with Crippen LogP contribution in [0.25, 0.3) is 16.9 Å². The number of amides is 1. The number of aromatic amines is 1. The standard InChI is InChI=1S/C23H24N6O2/c1-4-19(22-24-14-20(25-22)16-9-6-5-7-10-16)26-23(30)21-15(2)29(28-27-21)17-11-8-12-18(13-17)31-3/h5-14,19H,4H2,1-3H3,(H,24,25)(H,26,30). The number of H-pyrrole nitrogens is 1. The molecule has 0 radical (unpaired) electrons. The fourth-order valence-corrected chi connectivity index (χ4v) is 3.39. The first-order chi connectivity index (χ1) is 15.1. The first-order valence-corrected chi connectivity index (χ1v) is 10.1. The summed E-state index contributed by atoms with van der Waals surface area (Å²) < 4.78 is 6.89. The molecule has 2 aromatic carbocycles. The van der Waals surface area contributed by atoms with Crippen molar-refractivity contribution in [1.29, 1.82) is 0 Å². The van der Waals surface area contributed by atoms with Gasteiger partial charge in [-0.25, -0.2) is 9.67 Å². The first-order valence-electron chi connectivity index (χ1n) is 10.1. The summed E-state index contributed by atoms with van der Waals surface area (Å²) in [5.74, 6) is 1.11. The Morgan fingerprint density at radius 2 is 2.00 bits per heavy atom. The molecule has 1 amide bonds. The van der Waals surface area contributed by atoms with E-state index in [0.29, 0.717) is 23.7 Å². The van der Waals surface area contributed by atoms with E-state index in [9.17, 15) is 4.79 Å². The summed E-state index contributed by atoms with van der Waals surface area (Å²) in [6.07, 6.45) is 2.46. The number of carbonyl (C=O) groups excluding carboxylic acids is 1. The van der Waals surface area contributed by atoms with Crippen LogP contribution in [0.5, 0.6) is 5.75 Å². The molecule has 0 aliphatic rings. The zero-order chi connectivity index (χ0) is 21.8. The molecule has 0 bridgehead atoms. The van der Waals surface area contributed by atoms with Gasteiger partial charge in [-0.2, -0.15) is 0 Å². The van der Waals surface area contributed by atoms with Crippen LogP contribution in [0.4, 0.5) is 0 Å². The molecular weight excluding hydrogens is 392 g/mol. The molecule has 2 N–H and O–H groups in total. The molecule has 8 heteroatoms. The number of hydrogen-bond donors (Lipinski definition) is 2. The van der Waals surface area contributed by atoms with E-state index in [1.54, 1.807) is 18.0 Å². The first kappa shape index (κ1) is 20.3. The Morgan fingerprint density at radius 1 is 1.19 bits per heavy atom. The van der Waals surface area contributed by atoms with E-state index in [4.69, 9.17) is 4.74 Å². The Hall–Kier alpha value is -3.94. The number of hydrogen-bond acceptors (Lipinski definition) is 5. The van der Waals surface area contributed by atoms with Gasteiger partial charge in [0.05, 0.1) is 36.4 Å². The second kappa shape index (κ2) is 8.83. The molecule has 0 saturated heterocycles. The molecule has 0 aliphatic heterocycles. The highest BCUT2D eigenvalue weighted by molar-refractivity contribution is 5.93. The van der Waals surface area contributed by atoms with Crippen LogP contribution < -0.4 is 10.1 Å². The molecule has 0 aliphatic carbocycles. The molecule has 2 heterocycles. The van der Waals surface area contributed by atoms with E-state index in [1.165, 1.54) is 0 Å². The van der Waals surface area contributed by atoms with Crippen LogP contribution in [-0.2, 0) is 0 Å². The van der Waals surface area contributed by atoms with Gasteiger partial charge in [0.15, 0.2) is 5.69 Å². The molecule has 1 atom stereocenters. The van der Waals surface area contributed by atoms with Gasteiger partial charge < -0.3 is 15.0 Å². The van der Waals surface area contributed by atoms with Gasteiger partial charge in [-0.15, -0.1) is 5.10 Å². The molecule has 4 rings (SSSR count). The Bertz CT molecular complexity index is 1180. The minimum absolute atomic E-state index is 0.272. The number of methoxy groups -OCH3 is 1. The number of nitrogens with one attached hydrogen (secondary N) is 2. The zero-order valence-electron chi connectivity index (χ0n) is 17.7. The average molecular weight is 416 g/mol. The van der Waals surface area contributed by atoms with E-state index < -0.39 is 0 Å². The van der Waals surface area contributed by atoms with E-state index in [1.807, 2.05) is 68.4 Å². The number of imidazole rings is 1. The van der Waals surface area contributed by atoms with Gasteiger partial charge in [0.2, 0.25) is 0 Å². The number of rotatable bonds is 7. The third kappa shape index (κ3) is 4.18. The monoisotopic (exact) mass is 416 g/mol. The Labute approximate surface area is 180 Å². The van der Waals surface area contributed by atoms with Gasteiger partial charge >= 0.3 is 0 Å². The Balaban J connectivity index is 1.53. The number of ether oxygens (including phenoxy) is 1. The SMILES string of the molecule is CCC(NC(=O)c1nnn(-c2cccc(OC)c2)c1C)c1ncc(-c2ccccc2)[nH]1. The van der Waals surface area contributed by atoms with Gasteiger partial charge in [0, 0.05) is 6.07 Å². The average Bonchev–Trinajstić information content (AvgIpc) is 3.45. The molecule has 0 spiro atoms. The second-order valence-electron chi connectivity index (χ2n) is 7.12. The van der Waals surface area contributed by atoms with Crippen LogP contribution >= 0.6 is 0 Å². The van der Waals surface area contributed by atoms with Crippen molar-refractivity contribution in [2.45, 2.75) is 26.3 Å². The van der Waals surface area contributed by atoms with Crippen LogP contribution in [0, 0.1) is 6.92 Å². The molecular formula is C23H24N6O2. The number of benzene rings is 2. The van der Waals surface area contributed by atoms with Gasteiger partial charge in [0.1, 0.15) is 11.6 Å². The summed E-state index contributed by atoms with van der Waals surface area (Å²) in [6, 6.07) is 17.1. The summed E-state index contributed by atoms with van der Waals surface area (Å²) >= 11 is 0. The van der Waals surface area contributed by atoms with Crippen molar-refractivity contribution in [1.82, 2.24) is 30.3 Å². The van der Waals surface area contributed by atoms with Crippen LogP contribution in [-0.4, -0.2) is 38.0 Å². The molecule has 8 nitrogen and oxygen atoms in total. The Morgan fingerprint density at radius 3 is 2.74 bits per heavy atom. The molecule has 0 fully saturated rings. The van der Waals surface area contributed by atoms with Gasteiger partial charge in [-0.3, -0.25) is 4.79 Å². The highest BCUT2D eigenvalue weighted by atomic mass is 16.5. The molecule has 4 aromatic rings. The molecule has 0 saturated carbocycles. The molecule has 31 heavy (non-hydrogen) atoms. The lowest BCUT2D eigenvalue weighted by molar-refractivity contribution is 0.0928. The van der Waals surface area contributed by atoms with Crippen molar-refractivity contribution in [3.8, 4) is 22.7 Å². The number of aromatic nitrogens is 5. The minimum atomic E-state index is -0.295. The maximum atomic E-state index is 13.0. The van der Waals surface area contributed by atoms with E-state index >= 15 is 0 Å². The van der Waals surface area contributed by atoms with Crippen LogP contribution in [0.15, 0.2) is 60.8 Å². The van der Waals surface area contributed by atoms with E-state index in [0.717, 1.165) is 16.9 Å². The van der Waals surface area contributed by atoms with Crippen molar-refractivity contribution in [3.05, 3.63) is 78.0 Å². The summed E-state index contributed by atoms with van der Waals surface area (Å²) in [5.41, 5.74) is 3.64. The van der Waals surface area contributed by atoms with Crippen molar-refractivity contribution in [3.63, 3.8) is 0 Å². The summed E-state index contributed by atoms with van der Waals surface area (Å²) in [7, 11) is 1.61. The van der Waals surface area contributed by atoms with Crippen molar-refractivity contribution in [2.75, 3.05) is 7.11 Å². The third-order valence-electron chi connectivity index (χ3n) is 5.13. The fraction of sp³-hybridized carbons (Fsp3) is 0.217. The van der Waals surface area contributed by atoms with Crippen LogP contribution in [0.2, 0.25) is 0 Å². The normalized spacial score (nSPS) is 11.8. The fourth-order valence-electron chi connectivity index (χ4n) is 3.39. The van der Waals surface area contributed by atoms with Crippen molar-refractivity contribution >= 4 is 5.91 Å². The summed E-state index contributed by atoms with van der Waals surface area (Å²) in [6.45, 7) is 3.81.